The van der Waals surface area contributed by atoms with Crippen LogP contribution in [0, 0.1) is 0 Å². The van der Waals surface area contributed by atoms with Crippen molar-refractivity contribution in [1.82, 2.24) is 4.90 Å². The number of methoxy groups -OCH3 is 2. The monoisotopic (exact) mass is 327 g/mol. The van der Waals surface area contributed by atoms with Crippen LogP contribution in [0.1, 0.15) is 24.1 Å². The molecule has 0 spiro atoms. The molecule has 0 aliphatic rings. The number of hydrogen-bond donors (Lipinski definition) is 0. The summed E-state index contributed by atoms with van der Waals surface area (Å²) < 4.78 is 10.1. The number of ether oxygens (including phenoxy) is 2. The van der Waals surface area contributed by atoms with Gasteiger partial charge in [-0.3, -0.25) is 4.79 Å². The van der Waals surface area contributed by atoms with E-state index in [4.69, 9.17) is 9.47 Å². The molecule has 0 saturated carbocycles. The number of esters is 1. The molecule has 126 valence electrons. The highest BCUT2D eigenvalue weighted by atomic mass is 16.5. The van der Waals surface area contributed by atoms with Crippen LogP contribution in [0.4, 0.5) is 0 Å². The minimum Gasteiger partial charge on any atom is -0.497 e. The molecule has 2 rings (SSSR count). The second-order valence-electron chi connectivity index (χ2n) is 5.33. The number of carbonyl (C=O) groups is 2. The van der Waals surface area contributed by atoms with E-state index in [0.29, 0.717) is 12.1 Å². The van der Waals surface area contributed by atoms with Crippen LogP contribution in [0.5, 0.6) is 5.75 Å². The molecule has 0 heterocycles. The fourth-order valence-electron chi connectivity index (χ4n) is 2.50. The van der Waals surface area contributed by atoms with Crippen molar-refractivity contribution in [1.29, 1.82) is 0 Å². The van der Waals surface area contributed by atoms with E-state index in [2.05, 4.69) is 0 Å². The second-order valence-corrected chi connectivity index (χ2v) is 5.33. The molecular formula is C19H21NO4. The first kappa shape index (κ1) is 17.5. The van der Waals surface area contributed by atoms with Crippen molar-refractivity contribution < 1.29 is 19.1 Å². The number of nitrogens with zero attached hydrogens (tertiary/aromatic N) is 1. The minimum atomic E-state index is -0.782. The van der Waals surface area contributed by atoms with Gasteiger partial charge in [0, 0.05) is 13.5 Å². The topological polar surface area (TPSA) is 55.8 Å². The molecule has 0 aromatic heterocycles. The van der Waals surface area contributed by atoms with E-state index < -0.39 is 12.0 Å². The molecule has 2 aromatic rings. The summed E-state index contributed by atoms with van der Waals surface area (Å²) in [5.74, 6) is 0.0654. The van der Waals surface area contributed by atoms with Crippen LogP contribution in [0.3, 0.4) is 0 Å². The number of rotatable bonds is 6. The van der Waals surface area contributed by atoms with Gasteiger partial charge in [-0.05, 0) is 23.3 Å². The molecule has 0 aliphatic carbocycles. The number of carbonyl (C=O) groups excluding carboxylic acids is 2. The van der Waals surface area contributed by atoms with Gasteiger partial charge in [0.15, 0.2) is 6.04 Å². The molecule has 0 fully saturated rings. The van der Waals surface area contributed by atoms with Gasteiger partial charge < -0.3 is 14.4 Å². The molecule has 1 amide bonds. The summed E-state index contributed by atoms with van der Waals surface area (Å²) in [6, 6.07) is 15.7. The number of benzene rings is 2. The van der Waals surface area contributed by atoms with Crippen LogP contribution in [-0.2, 0) is 20.9 Å². The molecule has 24 heavy (non-hydrogen) atoms. The fraction of sp³-hybridized carbons (Fsp3) is 0.263. The highest BCUT2D eigenvalue weighted by Gasteiger charge is 2.30. The van der Waals surface area contributed by atoms with E-state index in [0.717, 1.165) is 11.3 Å². The van der Waals surface area contributed by atoms with E-state index in [-0.39, 0.29) is 5.91 Å². The van der Waals surface area contributed by atoms with Crippen molar-refractivity contribution in [2.45, 2.75) is 19.5 Å². The van der Waals surface area contributed by atoms with E-state index in [9.17, 15) is 9.59 Å². The largest absolute Gasteiger partial charge is 0.497 e. The van der Waals surface area contributed by atoms with Gasteiger partial charge in [-0.1, -0.05) is 42.5 Å². The van der Waals surface area contributed by atoms with Gasteiger partial charge in [-0.15, -0.1) is 0 Å². The Kier molecular flexibility index (Phi) is 5.95. The predicted octanol–water partition coefficient (Wildman–Crippen LogP) is 2.96. The lowest BCUT2D eigenvalue weighted by Crippen LogP contribution is -2.37. The highest BCUT2D eigenvalue weighted by molar-refractivity contribution is 5.84. The molecule has 0 saturated heterocycles. The molecule has 0 aliphatic heterocycles. The first-order valence-corrected chi connectivity index (χ1v) is 7.59. The molecule has 1 atom stereocenters. The summed E-state index contributed by atoms with van der Waals surface area (Å²) in [4.78, 5) is 26.0. The highest BCUT2D eigenvalue weighted by Crippen LogP contribution is 2.25. The molecular weight excluding hydrogens is 306 g/mol. The zero-order valence-electron chi connectivity index (χ0n) is 14.1. The lowest BCUT2D eigenvalue weighted by atomic mass is 10.0. The maximum absolute atomic E-state index is 12.3. The Balaban J connectivity index is 2.34. The lowest BCUT2D eigenvalue weighted by Gasteiger charge is -2.29. The van der Waals surface area contributed by atoms with E-state index >= 15 is 0 Å². The molecule has 0 N–H and O–H groups in total. The Morgan fingerprint density at radius 2 is 1.62 bits per heavy atom. The Labute approximate surface area is 141 Å². The van der Waals surface area contributed by atoms with Gasteiger partial charge in [0.05, 0.1) is 14.2 Å². The lowest BCUT2D eigenvalue weighted by molar-refractivity contribution is -0.153. The van der Waals surface area contributed by atoms with Crippen LogP contribution in [0.2, 0.25) is 0 Å². The van der Waals surface area contributed by atoms with Gasteiger partial charge in [0.1, 0.15) is 5.75 Å². The van der Waals surface area contributed by atoms with Crippen LogP contribution in [-0.4, -0.2) is 31.0 Å². The Morgan fingerprint density at radius 1 is 1.00 bits per heavy atom. The third-order valence-electron chi connectivity index (χ3n) is 3.77. The maximum Gasteiger partial charge on any atom is 0.333 e. The minimum absolute atomic E-state index is 0.204. The normalized spacial score (nSPS) is 11.5. The van der Waals surface area contributed by atoms with Crippen molar-refractivity contribution >= 4 is 11.9 Å². The average molecular weight is 327 g/mol. The molecule has 5 nitrogen and oxygen atoms in total. The first-order chi connectivity index (χ1) is 11.6. The Hall–Kier alpha value is -2.82. The predicted molar refractivity (Wildman–Crippen MR) is 90.4 cm³/mol. The summed E-state index contributed by atoms with van der Waals surface area (Å²) in [5.41, 5.74) is 1.61. The molecule has 1 unspecified atom stereocenters. The molecule has 0 radical (unpaired) electrons. The smallest absolute Gasteiger partial charge is 0.333 e. The van der Waals surface area contributed by atoms with Crippen molar-refractivity contribution in [3.05, 3.63) is 65.7 Å². The van der Waals surface area contributed by atoms with Crippen molar-refractivity contribution in [3.8, 4) is 5.75 Å². The molecule has 5 heteroatoms. The van der Waals surface area contributed by atoms with Crippen molar-refractivity contribution in [2.24, 2.45) is 0 Å². The summed E-state index contributed by atoms with van der Waals surface area (Å²) in [6.45, 7) is 1.75. The van der Waals surface area contributed by atoms with Gasteiger partial charge in [0.25, 0.3) is 0 Å². The third kappa shape index (κ3) is 4.13. The van der Waals surface area contributed by atoms with Gasteiger partial charge >= 0.3 is 5.97 Å². The summed E-state index contributed by atoms with van der Waals surface area (Å²) >= 11 is 0. The zero-order chi connectivity index (χ0) is 17.5. The molecule has 0 bridgehead atoms. The van der Waals surface area contributed by atoms with Gasteiger partial charge in [-0.2, -0.15) is 0 Å². The van der Waals surface area contributed by atoms with Crippen LogP contribution in [0.25, 0.3) is 0 Å². The van der Waals surface area contributed by atoms with E-state index in [1.807, 2.05) is 54.6 Å². The van der Waals surface area contributed by atoms with Gasteiger partial charge in [0.2, 0.25) is 5.91 Å². The second kappa shape index (κ2) is 8.15. The maximum atomic E-state index is 12.3. The van der Waals surface area contributed by atoms with E-state index in [1.54, 1.807) is 7.11 Å². The van der Waals surface area contributed by atoms with E-state index in [1.165, 1.54) is 18.9 Å². The first-order valence-electron chi connectivity index (χ1n) is 7.59. The Bertz CT molecular complexity index is 682. The average Bonchev–Trinajstić information content (AvgIpc) is 2.62. The molecule has 2 aromatic carbocycles. The van der Waals surface area contributed by atoms with Crippen LogP contribution >= 0.6 is 0 Å². The third-order valence-corrected chi connectivity index (χ3v) is 3.77. The SMILES string of the molecule is COC(=O)C(c1ccccc1)N(Cc1ccc(OC)cc1)C(C)=O. The van der Waals surface area contributed by atoms with Gasteiger partial charge in [-0.25, -0.2) is 4.79 Å². The summed E-state index contributed by atoms with van der Waals surface area (Å²) in [7, 11) is 2.92. The van der Waals surface area contributed by atoms with Crippen molar-refractivity contribution in [2.75, 3.05) is 14.2 Å². The summed E-state index contributed by atoms with van der Waals surface area (Å²) in [6.07, 6.45) is 0. The number of amides is 1. The van der Waals surface area contributed by atoms with Crippen LogP contribution in [0.15, 0.2) is 54.6 Å². The van der Waals surface area contributed by atoms with Crippen LogP contribution < -0.4 is 4.74 Å². The quantitative estimate of drug-likeness (QED) is 0.766. The Morgan fingerprint density at radius 3 is 2.12 bits per heavy atom. The summed E-state index contributed by atoms with van der Waals surface area (Å²) in [5, 5.41) is 0. The standard InChI is InChI=1S/C19H21NO4/c1-14(21)20(13-15-9-11-17(23-2)12-10-15)18(19(22)24-3)16-7-5-4-6-8-16/h4-12,18H,13H2,1-3H3. The van der Waals surface area contributed by atoms with Crippen molar-refractivity contribution in [3.63, 3.8) is 0 Å². The zero-order valence-corrected chi connectivity index (χ0v) is 14.1. The number of hydrogen-bond acceptors (Lipinski definition) is 4. The fourth-order valence-corrected chi connectivity index (χ4v) is 2.50.